The van der Waals surface area contributed by atoms with E-state index >= 15 is 0 Å². The van der Waals surface area contributed by atoms with Gasteiger partial charge in [0.1, 0.15) is 17.3 Å². The maximum atomic E-state index is 5.82. The molecule has 2 aromatic rings. The fourth-order valence-electron chi connectivity index (χ4n) is 1.73. The molecule has 1 heterocycles. The predicted octanol–water partition coefficient (Wildman–Crippen LogP) is 3.52. The first-order valence-corrected chi connectivity index (χ1v) is 6.23. The highest BCUT2D eigenvalue weighted by Crippen LogP contribution is 2.23. The van der Waals surface area contributed by atoms with Crippen LogP contribution in [0.5, 0.6) is 0 Å². The van der Waals surface area contributed by atoms with Crippen molar-refractivity contribution in [3.63, 3.8) is 0 Å². The number of nitrogens with one attached hydrogen (secondary N) is 1. The molecule has 0 unspecified atom stereocenters. The summed E-state index contributed by atoms with van der Waals surface area (Å²) in [6, 6.07) is 12.1. The van der Waals surface area contributed by atoms with E-state index in [1.165, 1.54) is 11.9 Å². The number of hydrogen-bond donors (Lipinski definition) is 1. The molecule has 1 aromatic heterocycles. The molecule has 0 saturated carbocycles. The van der Waals surface area contributed by atoms with Crippen LogP contribution >= 0.6 is 11.6 Å². The van der Waals surface area contributed by atoms with Gasteiger partial charge in [-0.15, -0.1) is 0 Å². The molecular formula is C14H16ClN3. The van der Waals surface area contributed by atoms with Crippen molar-refractivity contribution in [3.05, 3.63) is 53.4 Å². The Balaban J connectivity index is 2.05. The summed E-state index contributed by atoms with van der Waals surface area (Å²) < 4.78 is 0. The molecule has 0 aliphatic rings. The molecule has 0 radical (unpaired) electrons. The van der Waals surface area contributed by atoms with Crippen LogP contribution in [0.15, 0.2) is 42.7 Å². The van der Waals surface area contributed by atoms with Gasteiger partial charge >= 0.3 is 0 Å². The van der Waals surface area contributed by atoms with Crippen molar-refractivity contribution in [1.29, 1.82) is 0 Å². The molecule has 0 aliphatic carbocycles. The highest BCUT2D eigenvalue weighted by atomic mass is 35.5. The van der Waals surface area contributed by atoms with E-state index in [2.05, 4.69) is 53.4 Å². The molecule has 0 aliphatic heterocycles. The van der Waals surface area contributed by atoms with Gasteiger partial charge in [0, 0.05) is 18.0 Å². The summed E-state index contributed by atoms with van der Waals surface area (Å²) in [7, 11) is 0. The van der Waals surface area contributed by atoms with Gasteiger partial charge in [-0.2, -0.15) is 0 Å². The SMILES string of the molecule is CC(C)(CNc1cc(Cl)ncn1)c1ccccc1. The first-order chi connectivity index (χ1) is 8.58. The van der Waals surface area contributed by atoms with Crippen LogP contribution < -0.4 is 5.32 Å². The third-order valence-corrected chi connectivity index (χ3v) is 3.11. The highest BCUT2D eigenvalue weighted by molar-refractivity contribution is 6.29. The lowest BCUT2D eigenvalue weighted by Crippen LogP contribution is -2.27. The highest BCUT2D eigenvalue weighted by Gasteiger charge is 2.20. The van der Waals surface area contributed by atoms with E-state index in [0.29, 0.717) is 5.15 Å². The Hall–Kier alpha value is -1.61. The van der Waals surface area contributed by atoms with Crippen LogP contribution in [0.25, 0.3) is 0 Å². The fourth-order valence-corrected chi connectivity index (χ4v) is 1.88. The lowest BCUT2D eigenvalue weighted by Gasteiger charge is -2.25. The molecule has 94 valence electrons. The second-order valence-corrected chi connectivity index (χ2v) is 5.22. The van der Waals surface area contributed by atoms with E-state index < -0.39 is 0 Å². The van der Waals surface area contributed by atoms with Gasteiger partial charge in [-0.25, -0.2) is 9.97 Å². The number of benzene rings is 1. The molecule has 0 fully saturated rings. The van der Waals surface area contributed by atoms with Crippen molar-refractivity contribution in [2.45, 2.75) is 19.3 Å². The Morgan fingerprint density at radius 2 is 1.89 bits per heavy atom. The molecule has 2 rings (SSSR count). The van der Waals surface area contributed by atoms with E-state index in [1.54, 1.807) is 6.07 Å². The molecule has 0 bridgehead atoms. The lowest BCUT2D eigenvalue weighted by molar-refractivity contribution is 0.556. The van der Waals surface area contributed by atoms with Gasteiger partial charge in [-0.1, -0.05) is 55.8 Å². The van der Waals surface area contributed by atoms with E-state index in [9.17, 15) is 0 Å². The number of halogens is 1. The van der Waals surface area contributed by atoms with Crippen molar-refractivity contribution < 1.29 is 0 Å². The molecule has 18 heavy (non-hydrogen) atoms. The van der Waals surface area contributed by atoms with Crippen molar-refractivity contribution >= 4 is 17.4 Å². The Morgan fingerprint density at radius 1 is 1.17 bits per heavy atom. The summed E-state index contributed by atoms with van der Waals surface area (Å²) in [6.07, 6.45) is 1.46. The number of rotatable bonds is 4. The van der Waals surface area contributed by atoms with Gasteiger partial charge < -0.3 is 5.32 Å². The monoisotopic (exact) mass is 261 g/mol. The average molecular weight is 262 g/mol. The van der Waals surface area contributed by atoms with Crippen LogP contribution in [0, 0.1) is 0 Å². The van der Waals surface area contributed by atoms with Crippen LogP contribution in [0.3, 0.4) is 0 Å². The summed E-state index contributed by atoms with van der Waals surface area (Å²) in [5.41, 5.74) is 1.32. The third kappa shape index (κ3) is 3.20. The molecule has 0 saturated heterocycles. The standard InChI is InChI=1S/C14H16ClN3/c1-14(2,11-6-4-3-5-7-11)9-16-13-8-12(15)17-10-18-13/h3-8,10H,9H2,1-2H3,(H,16,17,18). The Morgan fingerprint density at radius 3 is 2.56 bits per heavy atom. The third-order valence-electron chi connectivity index (χ3n) is 2.90. The summed E-state index contributed by atoms with van der Waals surface area (Å²) in [6.45, 7) is 5.17. The summed E-state index contributed by atoms with van der Waals surface area (Å²) in [5, 5.41) is 3.74. The molecule has 1 N–H and O–H groups in total. The number of hydrogen-bond acceptors (Lipinski definition) is 3. The summed E-state index contributed by atoms with van der Waals surface area (Å²) in [4.78, 5) is 7.99. The van der Waals surface area contributed by atoms with Crippen molar-refractivity contribution in [1.82, 2.24) is 9.97 Å². The normalized spacial score (nSPS) is 11.3. The minimum absolute atomic E-state index is 0.0265. The number of anilines is 1. The Bertz CT molecular complexity index is 511. The predicted molar refractivity (Wildman–Crippen MR) is 75.0 cm³/mol. The van der Waals surface area contributed by atoms with Crippen LogP contribution in [-0.2, 0) is 5.41 Å². The van der Waals surface area contributed by atoms with Crippen LogP contribution in [-0.4, -0.2) is 16.5 Å². The van der Waals surface area contributed by atoms with Crippen molar-refractivity contribution in [3.8, 4) is 0 Å². The molecule has 0 spiro atoms. The van der Waals surface area contributed by atoms with Crippen LogP contribution in [0.1, 0.15) is 19.4 Å². The number of nitrogens with zero attached hydrogens (tertiary/aromatic N) is 2. The van der Waals surface area contributed by atoms with Gasteiger partial charge in [0.25, 0.3) is 0 Å². The van der Waals surface area contributed by atoms with Crippen molar-refractivity contribution in [2.24, 2.45) is 0 Å². The topological polar surface area (TPSA) is 37.8 Å². The van der Waals surface area contributed by atoms with Crippen LogP contribution in [0.4, 0.5) is 5.82 Å². The fraction of sp³-hybridized carbons (Fsp3) is 0.286. The lowest BCUT2D eigenvalue weighted by atomic mass is 9.85. The largest absolute Gasteiger partial charge is 0.369 e. The van der Waals surface area contributed by atoms with Gasteiger partial charge in [-0.05, 0) is 5.56 Å². The van der Waals surface area contributed by atoms with E-state index in [4.69, 9.17) is 11.6 Å². The molecule has 3 nitrogen and oxygen atoms in total. The van der Waals surface area contributed by atoms with Gasteiger partial charge in [0.15, 0.2) is 0 Å². The molecule has 1 aromatic carbocycles. The number of aromatic nitrogens is 2. The second kappa shape index (κ2) is 5.36. The summed E-state index contributed by atoms with van der Waals surface area (Å²) in [5.74, 6) is 0.749. The van der Waals surface area contributed by atoms with E-state index in [-0.39, 0.29) is 5.41 Å². The zero-order valence-corrected chi connectivity index (χ0v) is 11.3. The van der Waals surface area contributed by atoms with E-state index in [0.717, 1.165) is 12.4 Å². The van der Waals surface area contributed by atoms with Gasteiger partial charge in [-0.3, -0.25) is 0 Å². The zero-order chi connectivity index (χ0) is 13.0. The zero-order valence-electron chi connectivity index (χ0n) is 10.5. The van der Waals surface area contributed by atoms with E-state index in [1.807, 2.05) is 6.07 Å². The minimum atomic E-state index is 0.0265. The molecule has 4 heteroatoms. The molecule has 0 amide bonds. The van der Waals surface area contributed by atoms with Gasteiger partial charge in [0.2, 0.25) is 0 Å². The van der Waals surface area contributed by atoms with Crippen molar-refractivity contribution in [2.75, 3.05) is 11.9 Å². The first kappa shape index (κ1) is 12.8. The maximum absolute atomic E-state index is 5.82. The summed E-state index contributed by atoms with van der Waals surface area (Å²) >= 11 is 5.82. The minimum Gasteiger partial charge on any atom is -0.369 e. The Kier molecular flexibility index (Phi) is 3.82. The quantitative estimate of drug-likeness (QED) is 0.856. The van der Waals surface area contributed by atoms with Crippen LogP contribution in [0.2, 0.25) is 5.15 Å². The van der Waals surface area contributed by atoms with Gasteiger partial charge in [0.05, 0.1) is 0 Å². The molecule has 0 atom stereocenters. The molecular weight excluding hydrogens is 246 g/mol. The maximum Gasteiger partial charge on any atom is 0.134 e. The second-order valence-electron chi connectivity index (χ2n) is 4.83. The average Bonchev–Trinajstić information content (AvgIpc) is 2.38. The smallest absolute Gasteiger partial charge is 0.134 e. The Labute approximate surface area is 112 Å². The first-order valence-electron chi connectivity index (χ1n) is 5.85.